The third-order valence-electron chi connectivity index (χ3n) is 3.81. The summed E-state index contributed by atoms with van der Waals surface area (Å²) in [7, 11) is 0. The first-order chi connectivity index (χ1) is 9.05. The molecule has 19 heavy (non-hydrogen) atoms. The molecule has 0 saturated carbocycles. The summed E-state index contributed by atoms with van der Waals surface area (Å²) in [6.45, 7) is 10.7. The summed E-state index contributed by atoms with van der Waals surface area (Å²) in [5.74, 6) is 0.164. The van der Waals surface area contributed by atoms with Gasteiger partial charge in [0.1, 0.15) is 0 Å². The van der Waals surface area contributed by atoms with Crippen LogP contribution in [-0.2, 0) is 6.54 Å². The number of hydrogen-bond acceptors (Lipinski definition) is 4. The number of carbonyl (C=O) groups excluding carboxylic acids is 1. The fourth-order valence-corrected chi connectivity index (χ4v) is 2.55. The number of aryl methyl sites for hydroxylation is 1. The van der Waals surface area contributed by atoms with Gasteiger partial charge in [-0.1, -0.05) is 6.92 Å². The van der Waals surface area contributed by atoms with Gasteiger partial charge in [0.15, 0.2) is 5.78 Å². The van der Waals surface area contributed by atoms with Crippen LogP contribution in [0.1, 0.15) is 37.6 Å². The molecule has 0 radical (unpaired) electrons. The van der Waals surface area contributed by atoms with E-state index < -0.39 is 5.54 Å². The van der Waals surface area contributed by atoms with Crippen LogP contribution < -0.4 is 5.32 Å². The van der Waals surface area contributed by atoms with Gasteiger partial charge in [-0.3, -0.25) is 14.4 Å². The predicted molar refractivity (Wildman–Crippen MR) is 75.4 cm³/mol. The van der Waals surface area contributed by atoms with Crippen molar-refractivity contribution in [3.05, 3.63) is 18.0 Å². The van der Waals surface area contributed by atoms with Gasteiger partial charge >= 0.3 is 0 Å². The van der Waals surface area contributed by atoms with Crippen molar-refractivity contribution in [2.24, 2.45) is 0 Å². The number of Topliss-reactive ketones (excluding diaryl/α,β-unsaturated/α-hetero) is 1. The minimum absolute atomic E-state index is 0.164. The Hall–Kier alpha value is -1.20. The summed E-state index contributed by atoms with van der Waals surface area (Å²) in [6, 6.07) is 0. The van der Waals surface area contributed by atoms with Gasteiger partial charge in [-0.05, 0) is 20.3 Å². The van der Waals surface area contributed by atoms with Crippen LogP contribution in [0, 0.1) is 0 Å². The third-order valence-corrected chi connectivity index (χ3v) is 3.81. The molecule has 1 aromatic rings. The summed E-state index contributed by atoms with van der Waals surface area (Å²) < 4.78 is 1.85. The molecule has 0 atom stereocenters. The molecule has 5 heteroatoms. The van der Waals surface area contributed by atoms with Crippen molar-refractivity contribution in [1.82, 2.24) is 20.0 Å². The average molecular weight is 264 g/mol. The van der Waals surface area contributed by atoms with E-state index in [0.717, 1.165) is 44.7 Å². The minimum atomic E-state index is -0.456. The van der Waals surface area contributed by atoms with Crippen molar-refractivity contribution < 1.29 is 4.79 Å². The van der Waals surface area contributed by atoms with Crippen LogP contribution in [0.5, 0.6) is 0 Å². The van der Waals surface area contributed by atoms with E-state index in [9.17, 15) is 4.79 Å². The molecule has 1 fully saturated rings. The normalized spacial score (nSPS) is 17.6. The molecule has 1 aliphatic heterocycles. The first-order valence-corrected chi connectivity index (χ1v) is 7.08. The molecule has 5 nitrogen and oxygen atoms in total. The van der Waals surface area contributed by atoms with E-state index in [2.05, 4.69) is 22.2 Å². The Morgan fingerprint density at radius 2 is 2.11 bits per heavy atom. The maximum absolute atomic E-state index is 12.7. The Labute approximate surface area is 115 Å². The number of ketones is 1. The second-order valence-electron chi connectivity index (χ2n) is 5.62. The van der Waals surface area contributed by atoms with Crippen LogP contribution in [0.15, 0.2) is 12.4 Å². The quantitative estimate of drug-likeness (QED) is 0.811. The second kappa shape index (κ2) is 5.84. The highest BCUT2D eigenvalue weighted by atomic mass is 16.1. The van der Waals surface area contributed by atoms with Crippen LogP contribution in [0.2, 0.25) is 0 Å². The fraction of sp³-hybridized carbons (Fsp3) is 0.714. The van der Waals surface area contributed by atoms with E-state index in [1.807, 2.05) is 24.7 Å². The smallest absolute Gasteiger partial charge is 0.185 e. The van der Waals surface area contributed by atoms with Gasteiger partial charge in [0.05, 0.1) is 17.3 Å². The van der Waals surface area contributed by atoms with Crippen LogP contribution in [0.25, 0.3) is 0 Å². The predicted octanol–water partition coefficient (Wildman–Crippen LogP) is 1.16. The summed E-state index contributed by atoms with van der Waals surface area (Å²) >= 11 is 0. The number of rotatable bonds is 5. The molecule has 0 aromatic carbocycles. The van der Waals surface area contributed by atoms with E-state index in [4.69, 9.17) is 0 Å². The lowest BCUT2D eigenvalue weighted by Crippen LogP contribution is -2.57. The molecule has 0 spiro atoms. The Morgan fingerprint density at radius 3 is 2.74 bits per heavy atom. The molecule has 1 saturated heterocycles. The molecule has 0 bridgehead atoms. The summed E-state index contributed by atoms with van der Waals surface area (Å²) in [6.07, 6.45) is 4.59. The van der Waals surface area contributed by atoms with Crippen LogP contribution in [-0.4, -0.2) is 52.2 Å². The number of aromatic nitrogens is 2. The summed E-state index contributed by atoms with van der Waals surface area (Å²) in [5, 5.41) is 7.57. The monoisotopic (exact) mass is 264 g/mol. The van der Waals surface area contributed by atoms with Crippen LogP contribution >= 0.6 is 0 Å². The number of piperazine rings is 1. The van der Waals surface area contributed by atoms with Gasteiger partial charge < -0.3 is 5.32 Å². The van der Waals surface area contributed by atoms with Crippen LogP contribution in [0.3, 0.4) is 0 Å². The molecule has 1 aliphatic rings. The van der Waals surface area contributed by atoms with Gasteiger partial charge in [-0.25, -0.2) is 0 Å². The SMILES string of the molecule is CCCn1cc(C(=O)C(C)(C)N2CCNCC2)cn1. The maximum atomic E-state index is 12.7. The van der Waals surface area contributed by atoms with E-state index in [-0.39, 0.29) is 5.78 Å². The fourth-order valence-electron chi connectivity index (χ4n) is 2.55. The average Bonchev–Trinajstić information content (AvgIpc) is 2.88. The first-order valence-electron chi connectivity index (χ1n) is 7.08. The third kappa shape index (κ3) is 3.04. The standard InChI is InChI=1S/C14H24N4O/c1-4-7-18-11-12(10-16-18)13(19)14(2,3)17-8-5-15-6-9-17/h10-11,15H,4-9H2,1-3H3. The number of hydrogen-bond donors (Lipinski definition) is 1. The molecule has 106 valence electrons. The van der Waals surface area contributed by atoms with Crippen molar-refractivity contribution in [3.63, 3.8) is 0 Å². The molecule has 2 rings (SSSR count). The van der Waals surface area contributed by atoms with E-state index in [1.165, 1.54) is 0 Å². The Morgan fingerprint density at radius 1 is 1.42 bits per heavy atom. The lowest BCUT2D eigenvalue weighted by Gasteiger charge is -2.39. The maximum Gasteiger partial charge on any atom is 0.185 e. The van der Waals surface area contributed by atoms with E-state index in [1.54, 1.807) is 6.20 Å². The lowest BCUT2D eigenvalue weighted by atomic mass is 9.92. The zero-order chi connectivity index (χ0) is 13.9. The highest BCUT2D eigenvalue weighted by Crippen LogP contribution is 2.20. The zero-order valence-electron chi connectivity index (χ0n) is 12.1. The Balaban J connectivity index is 2.11. The molecule has 2 heterocycles. The highest BCUT2D eigenvalue weighted by molar-refractivity contribution is 6.02. The molecule has 0 unspecified atom stereocenters. The van der Waals surface area contributed by atoms with E-state index >= 15 is 0 Å². The van der Waals surface area contributed by atoms with Gasteiger partial charge in [0.25, 0.3) is 0 Å². The first kappa shape index (κ1) is 14.2. The second-order valence-corrected chi connectivity index (χ2v) is 5.62. The Bertz CT molecular complexity index is 432. The topological polar surface area (TPSA) is 50.2 Å². The van der Waals surface area contributed by atoms with Gasteiger partial charge in [0, 0.05) is 38.9 Å². The number of nitrogens with zero attached hydrogens (tertiary/aromatic N) is 3. The zero-order valence-corrected chi connectivity index (χ0v) is 12.1. The molecule has 0 amide bonds. The van der Waals surface area contributed by atoms with Gasteiger partial charge in [-0.2, -0.15) is 5.10 Å². The van der Waals surface area contributed by atoms with Gasteiger partial charge in [-0.15, -0.1) is 0 Å². The summed E-state index contributed by atoms with van der Waals surface area (Å²) in [4.78, 5) is 14.9. The van der Waals surface area contributed by atoms with E-state index in [0.29, 0.717) is 0 Å². The minimum Gasteiger partial charge on any atom is -0.314 e. The van der Waals surface area contributed by atoms with Crippen LogP contribution in [0.4, 0.5) is 0 Å². The largest absolute Gasteiger partial charge is 0.314 e. The number of nitrogens with one attached hydrogen (secondary N) is 1. The molecule has 0 aliphatic carbocycles. The molecular formula is C14H24N4O. The lowest BCUT2D eigenvalue weighted by molar-refractivity contribution is 0.0602. The van der Waals surface area contributed by atoms with Crippen molar-refractivity contribution in [1.29, 1.82) is 0 Å². The van der Waals surface area contributed by atoms with Crippen molar-refractivity contribution in [2.75, 3.05) is 26.2 Å². The molecular weight excluding hydrogens is 240 g/mol. The van der Waals surface area contributed by atoms with Crippen molar-refractivity contribution in [2.45, 2.75) is 39.3 Å². The van der Waals surface area contributed by atoms with Gasteiger partial charge in [0.2, 0.25) is 0 Å². The summed E-state index contributed by atoms with van der Waals surface area (Å²) in [5.41, 5.74) is 0.263. The number of carbonyl (C=O) groups is 1. The highest BCUT2D eigenvalue weighted by Gasteiger charge is 2.36. The van der Waals surface area contributed by atoms with Crippen molar-refractivity contribution in [3.8, 4) is 0 Å². The Kier molecular flexibility index (Phi) is 4.37. The van der Waals surface area contributed by atoms with Crippen molar-refractivity contribution >= 4 is 5.78 Å². The molecule has 1 N–H and O–H groups in total. The molecule has 1 aromatic heterocycles.